The lowest BCUT2D eigenvalue weighted by Gasteiger charge is -2.02. The summed E-state index contributed by atoms with van der Waals surface area (Å²) < 4.78 is 5.36. The number of nitrogens with zero attached hydrogens (tertiary/aromatic N) is 3. The number of nitrogens with one attached hydrogen (secondary N) is 1. The van der Waals surface area contributed by atoms with Gasteiger partial charge >= 0.3 is 0 Å². The number of carbonyl (C=O) groups excluding carboxylic acids is 1. The van der Waals surface area contributed by atoms with E-state index in [9.17, 15) is 4.79 Å². The average molecular weight is 282 g/mol. The molecular formula is C15H14N4O2. The molecule has 106 valence electrons. The molecule has 6 nitrogen and oxygen atoms in total. The van der Waals surface area contributed by atoms with Crippen LogP contribution in [-0.4, -0.2) is 28.7 Å². The Labute approximate surface area is 122 Å². The minimum Gasteiger partial charge on any atom is -0.490 e. The van der Waals surface area contributed by atoms with Gasteiger partial charge in [0.2, 0.25) is 0 Å². The van der Waals surface area contributed by atoms with E-state index in [1.807, 2.05) is 24.3 Å². The van der Waals surface area contributed by atoms with Gasteiger partial charge in [0.15, 0.2) is 0 Å². The highest BCUT2D eigenvalue weighted by atomic mass is 16.5. The summed E-state index contributed by atoms with van der Waals surface area (Å²) in [6.07, 6.45) is 7.52. The Kier molecular flexibility index (Phi) is 5.17. The zero-order valence-corrected chi connectivity index (χ0v) is 11.3. The first kappa shape index (κ1) is 14.4. The first-order valence-electron chi connectivity index (χ1n) is 6.23. The Morgan fingerprint density at radius 1 is 1.33 bits per heavy atom. The molecule has 1 N–H and O–H groups in total. The molecule has 1 amide bonds. The van der Waals surface area contributed by atoms with Crippen LogP contribution in [0.4, 0.5) is 0 Å². The van der Waals surface area contributed by atoms with Crippen molar-refractivity contribution in [1.82, 2.24) is 15.4 Å². The van der Waals surface area contributed by atoms with Crippen molar-refractivity contribution in [2.24, 2.45) is 5.10 Å². The largest absolute Gasteiger partial charge is 0.490 e. The molecule has 1 aromatic carbocycles. The van der Waals surface area contributed by atoms with Gasteiger partial charge in [-0.2, -0.15) is 5.10 Å². The number of hydrazone groups is 1. The van der Waals surface area contributed by atoms with Crippen molar-refractivity contribution in [3.63, 3.8) is 0 Å². The molecule has 0 radical (unpaired) electrons. The summed E-state index contributed by atoms with van der Waals surface area (Å²) in [5.41, 5.74) is 3.42. The molecule has 0 bridgehead atoms. The van der Waals surface area contributed by atoms with E-state index < -0.39 is 5.91 Å². The maximum atomic E-state index is 11.7. The van der Waals surface area contributed by atoms with E-state index in [4.69, 9.17) is 4.74 Å². The van der Waals surface area contributed by atoms with Crippen LogP contribution in [0.3, 0.4) is 0 Å². The van der Waals surface area contributed by atoms with E-state index >= 15 is 0 Å². The molecule has 0 spiro atoms. The Morgan fingerprint density at radius 2 is 2.14 bits per heavy atom. The van der Waals surface area contributed by atoms with Gasteiger partial charge in [-0.1, -0.05) is 12.7 Å². The fourth-order valence-electron chi connectivity index (χ4n) is 1.44. The highest BCUT2D eigenvalue weighted by Gasteiger charge is 2.04. The van der Waals surface area contributed by atoms with Crippen LogP contribution in [0.1, 0.15) is 16.1 Å². The van der Waals surface area contributed by atoms with Crippen molar-refractivity contribution >= 4 is 12.1 Å². The Bertz CT molecular complexity index is 624. The van der Waals surface area contributed by atoms with Gasteiger partial charge in [0.05, 0.1) is 12.4 Å². The van der Waals surface area contributed by atoms with Crippen LogP contribution in [-0.2, 0) is 0 Å². The van der Waals surface area contributed by atoms with Crippen molar-refractivity contribution in [3.05, 3.63) is 66.8 Å². The first-order valence-corrected chi connectivity index (χ1v) is 6.23. The maximum Gasteiger partial charge on any atom is 0.291 e. The summed E-state index contributed by atoms with van der Waals surface area (Å²) in [4.78, 5) is 19.3. The highest BCUT2D eigenvalue weighted by molar-refractivity contribution is 5.92. The minimum absolute atomic E-state index is 0.211. The minimum atomic E-state index is -0.412. The molecule has 0 saturated heterocycles. The number of aromatic nitrogens is 2. The normalized spacial score (nSPS) is 10.3. The van der Waals surface area contributed by atoms with Crippen LogP contribution in [0.15, 0.2) is 60.6 Å². The van der Waals surface area contributed by atoms with Gasteiger partial charge in [0.1, 0.15) is 18.1 Å². The van der Waals surface area contributed by atoms with Gasteiger partial charge in [-0.05, 0) is 29.8 Å². The molecule has 2 rings (SSSR count). The van der Waals surface area contributed by atoms with Gasteiger partial charge in [0.25, 0.3) is 5.91 Å². The van der Waals surface area contributed by atoms with E-state index in [2.05, 4.69) is 27.1 Å². The lowest BCUT2D eigenvalue weighted by molar-refractivity contribution is 0.0949. The second-order valence-corrected chi connectivity index (χ2v) is 3.96. The maximum absolute atomic E-state index is 11.7. The first-order chi connectivity index (χ1) is 10.3. The lowest BCUT2D eigenvalue weighted by Crippen LogP contribution is -2.19. The fraction of sp³-hybridized carbons (Fsp3) is 0.0667. The number of carbonyl (C=O) groups is 1. The van der Waals surface area contributed by atoms with Gasteiger partial charge in [0, 0.05) is 12.4 Å². The Morgan fingerprint density at radius 3 is 2.81 bits per heavy atom. The molecule has 0 saturated carbocycles. The zero-order chi connectivity index (χ0) is 14.9. The SMILES string of the molecule is C=CCOc1ccc(C=NNC(=O)c2cnccn2)cc1. The molecule has 0 atom stereocenters. The molecule has 1 heterocycles. The van der Waals surface area contributed by atoms with Crippen LogP contribution < -0.4 is 10.2 Å². The summed E-state index contributed by atoms with van der Waals surface area (Å²) in [6, 6.07) is 7.29. The fourth-order valence-corrected chi connectivity index (χ4v) is 1.44. The van der Waals surface area contributed by atoms with E-state index in [0.717, 1.165) is 11.3 Å². The van der Waals surface area contributed by atoms with Crippen molar-refractivity contribution in [2.75, 3.05) is 6.61 Å². The van der Waals surface area contributed by atoms with Gasteiger partial charge in [-0.15, -0.1) is 0 Å². The molecule has 0 aliphatic rings. The molecule has 0 unspecified atom stereocenters. The van der Waals surface area contributed by atoms with Crippen molar-refractivity contribution in [1.29, 1.82) is 0 Å². The molecule has 21 heavy (non-hydrogen) atoms. The van der Waals surface area contributed by atoms with Crippen LogP contribution in [0.5, 0.6) is 5.75 Å². The summed E-state index contributed by atoms with van der Waals surface area (Å²) in [6.45, 7) is 4.04. The number of hydrogen-bond acceptors (Lipinski definition) is 5. The second kappa shape index (κ2) is 7.54. The van der Waals surface area contributed by atoms with Gasteiger partial charge < -0.3 is 4.74 Å². The predicted octanol–water partition coefficient (Wildman–Crippen LogP) is 1.81. The van der Waals surface area contributed by atoms with Crippen LogP contribution >= 0.6 is 0 Å². The molecule has 0 fully saturated rings. The monoisotopic (exact) mass is 282 g/mol. The third-order valence-electron chi connectivity index (χ3n) is 2.42. The van der Waals surface area contributed by atoms with Crippen molar-refractivity contribution < 1.29 is 9.53 Å². The van der Waals surface area contributed by atoms with Crippen LogP contribution in [0.2, 0.25) is 0 Å². The molecule has 0 aliphatic heterocycles. The van der Waals surface area contributed by atoms with Crippen LogP contribution in [0.25, 0.3) is 0 Å². The third-order valence-corrected chi connectivity index (χ3v) is 2.42. The molecule has 0 aliphatic carbocycles. The summed E-state index contributed by atoms with van der Waals surface area (Å²) in [5, 5.41) is 3.86. The number of amides is 1. The smallest absolute Gasteiger partial charge is 0.291 e. The van der Waals surface area contributed by atoms with E-state index in [0.29, 0.717) is 6.61 Å². The summed E-state index contributed by atoms with van der Waals surface area (Å²) in [5.74, 6) is 0.334. The molecule has 2 aromatic rings. The molecule has 1 aromatic heterocycles. The molecule has 6 heteroatoms. The number of rotatable bonds is 6. The van der Waals surface area contributed by atoms with E-state index in [-0.39, 0.29) is 5.69 Å². The standard InChI is InChI=1S/C15H14N4O2/c1-2-9-21-13-5-3-12(4-6-13)10-18-19-15(20)14-11-16-7-8-17-14/h2-8,10-11H,1,9H2,(H,19,20). The molecular weight excluding hydrogens is 268 g/mol. The topological polar surface area (TPSA) is 76.5 Å². The average Bonchev–Trinajstić information content (AvgIpc) is 2.55. The number of ether oxygens (including phenoxy) is 1. The lowest BCUT2D eigenvalue weighted by atomic mass is 10.2. The van der Waals surface area contributed by atoms with E-state index in [1.54, 1.807) is 6.08 Å². The van der Waals surface area contributed by atoms with Gasteiger partial charge in [-0.3, -0.25) is 9.78 Å². The zero-order valence-electron chi connectivity index (χ0n) is 11.3. The third kappa shape index (κ3) is 4.54. The number of hydrogen-bond donors (Lipinski definition) is 1. The Balaban J connectivity index is 1.89. The predicted molar refractivity (Wildman–Crippen MR) is 79.2 cm³/mol. The quantitative estimate of drug-likeness (QED) is 0.498. The van der Waals surface area contributed by atoms with E-state index in [1.165, 1.54) is 24.8 Å². The van der Waals surface area contributed by atoms with Crippen molar-refractivity contribution in [2.45, 2.75) is 0 Å². The highest BCUT2D eigenvalue weighted by Crippen LogP contribution is 2.10. The van der Waals surface area contributed by atoms with Crippen molar-refractivity contribution in [3.8, 4) is 5.75 Å². The Hall–Kier alpha value is -3.02. The number of benzene rings is 1. The van der Waals surface area contributed by atoms with Gasteiger partial charge in [-0.25, -0.2) is 10.4 Å². The second-order valence-electron chi connectivity index (χ2n) is 3.96. The summed E-state index contributed by atoms with van der Waals surface area (Å²) >= 11 is 0. The van der Waals surface area contributed by atoms with Crippen LogP contribution in [0, 0.1) is 0 Å². The summed E-state index contributed by atoms with van der Waals surface area (Å²) in [7, 11) is 0.